The Labute approximate surface area is 138 Å². The van der Waals surface area contributed by atoms with Gasteiger partial charge in [0.2, 0.25) is 11.8 Å². The summed E-state index contributed by atoms with van der Waals surface area (Å²) < 4.78 is 5.62. The van der Waals surface area contributed by atoms with Gasteiger partial charge in [0, 0.05) is 22.2 Å². The number of rotatable bonds is 5. The largest absolute Gasteiger partial charge is 0.419 e. The second-order valence-corrected chi connectivity index (χ2v) is 5.61. The number of hydrogen-bond donors (Lipinski definition) is 1. The Morgan fingerprint density at radius 1 is 0.909 bits per heavy atom. The van der Waals surface area contributed by atoms with E-state index in [1.54, 1.807) is 12.1 Å². The van der Waals surface area contributed by atoms with Crippen LogP contribution in [0.4, 0.5) is 0 Å². The van der Waals surface area contributed by atoms with Crippen LogP contribution in [0.15, 0.2) is 52.9 Å². The van der Waals surface area contributed by atoms with Gasteiger partial charge < -0.3 is 9.73 Å². The first-order valence-corrected chi connectivity index (χ1v) is 7.50. The molecule has 0 spiro atoms. The molecule has 1 heterocycles. The molecule has 0 saturated carbocycles. The molecule has 3 rings (SSSR count). The zero-order valence-corrected chi connectivity index (χ0v) is 13.1. The molecule has 22 heavy (non-hydrogen) atoms. The van der Waals surface area contributed by atoms with Crippen molar-refractivity contribution in [3.8, 4) is 11.5 Å². The topological polar surface area (TPSA) is 51.0 Å². The molecule has 1 N–H and O–H groups in total. The third-order valence-corrected chi connectivity index (χ3v) is 3.54. The first kappa shape index (κ1) is 15.0. The van der Waals surface area contributed by atoms with E-state index in [4.69, 9.17) is 27.6 Å². The monoisotopic (exact) mass is 333 g/mol. The van der Waals surface area contributed by atoms with Gasteiger partial charge in [-0.05, 0) is 35.9 Å². The van der Waals surface area contributed by atoms with Crippen LogP contribution in [0.25, 0.3) is 11.5 Å². The Morgan fingerprint density at radius 2 is 1.73 bits per heavy atom. The average Bonchev–Trinajstić information content (AvgIpc) is 2.98. The fourth-order valence-corrected chi connectivity index (χ4v) is 2.30. The molecular weight excluding hydrogens is 321 g/mol. The summed E-state index contributed by atoms with van der Waals surface area (Å²) >= 11 is 11.8. The summed E-state index contributed by atoms with van der Waals surface area (Å²) in [5.74, 6) is 0.995. The highest BCUT2D eigenvalue weighted by molar-refractivity contribution is 6.31. The van der Waals surface area contributed by atoms with E-state index in [-0.39, 0.29) is 0 Å². The first-order chi connectivity index (χ1) is 10.7. The van der Waals surface area contributed by atoms with E-state index in [9.17, 15) is 0 Å². The minimum atomic E-state index is 0.464. The predicted octanol–water partition coefficient (Wildman–Crippen LogP) is 4.33. The number of benzene rings is 2. The van der Waals surface area contributed by atoms with Gasteiger partial charge in [0.15, 0.2) is 0 Å². The number of nitrogens with one attached hydrogen (secondary N) is 1. The molecule has 3 aromatic rings. The molecule has 1 aromatic heterocycles. The molecule has 4 nitrogen and oxygen atoms in total. The lowest BCUT2D eigenvalue weighted by atomic mass is 10.2. The van der Waals surface area contributed by atoms with Crippen LogP contribution in [-0.4, -0.2) is 10.2 Å². The number of aromatic nitrogens is 2. The fraction of sp³-hybridized carbons (Fsp3) is 0.125. The van der Waals surface area contributed by atoms with Crippen molar-refractivity contribution in [1.82, 2.24) is 15.5 Å². The van der Waals surface area contributed by atoms with Crippen LogP contribution < -0.4 is 5.32 Å². The second kappa shape index (κ2) is 6.92. The van der Waals surface area contributed by atoms with E-state index in [0.717, 1.165) is 16.1 Å². The maximum Gasteiger partial charge on any atom is 0.247 e. The molecule has 0 radical (unpaired) electrons. The molecule has 6 heteroatoms. The summed E-state index contributed by atoms with van der Waals surface area (Å²) in [6.45, 7) is 1.20. The van der Waals surface area contributed by atoms with Crippen molar-refractivity contribution in [2.24, 2.45) is 0 Å². The minimum Gasteiger partial charge on any atom is -0.419 e. The maximum absolute atomic E-state index is 5.95. The molecule has 0 aliphatic rings. The summed E-state index contributed by atoms with van der Waals surface area (Å²) in [7, 11) is 0. The third kappa shape index (κ3) is 3.85. The predicted molar refractivity (Wildman–Crippen MR) is 86.7 cm³/mol. The van der Waals surface area contributed by atoms with Crippen molar-refractivity contribution in [2.75, 3.05) is 0 Å². The normalized spacial score (nSPS) is 10.8. The lowest BCUT2D eigenvalue weighted by Gasteiger charge is -2.02. The van der Waals surface area contributed by atoms with Gasteiger partial charge in [0.05, 0.1) is 6.54 Å². The fourth-order valence-electron chi connectivity index (χ4n) is 1.98. The van der Waals surface area contributed by atoms with Gasteiger partial charge in [-0.15, -0.1) is 10.2 Å². The Morgan fingerprint density at radius 3 is 2.50 bits per heavy atom. The van der Waals surface area contributed by atoms with Crippen molar-refractivity contribution in [3.05, 3.63) is 70.0 Å². The van der Waals surface area contributed by atoms with Crippen molar-refractivity contribution >= 4 is 23.2 Å². The Hall–Kier alpha value is -1.88. The van der Waals surface area contributed by atoms with Crippen LogP contribution in [-0.2, 0) is 13.1 Å². The summed E-state index contributed by atoms with van der Waals surface area (Å²) in [6.07, 6.45) is 0. The molecule has 0 fully saturated rings. The number of hydrogen-bond acceptors (Lipinski definition) is 4. The zero-order valence-electron chi connectivity index (χ0n) is 11.6. The van der Waals surface area contributed by atoms with Gasteiger partial charge in [-0.2, -0.15) is 0 Å². The second-order valence-electron chi connectivity index (χ2n) is 4.74. The highest BCUT2D eigenvalue weighted by Gasteiger charge is 2.08. The summed E-state index contributed by atoms with van der Waals surface area (Å²) in [5, 5.41) is 12.7. The van der Waals surface area contributed by atoms with E-state index in [0.29, 0.717) is 29.9 Å². The van der Waals surface area contributed by atoms with E-state index in [1.807, 2.05) is 36.4 Å². The number of halogens is 2. The van der Waals surface area contributed by atoms with E-state index in [2.05, 4.69) is 15.5 Å². The highest BCUT2D eigenvalue weighted by atomic mass is 35.5. The van der Waals surface area contributed by atoms with E-state index < -0.39 is 0 Å². The van der Waals surface area contributed by atoms with Crippen molar-refractivity contribution in [1.29, 1.82) is 0 Å². The summed E-state index contributed by atoms with van der Waals surface area (Å²) in [5.41, 5.74) is 1.95. The third-order valence-electron chi connectivity index (χ3n) is 3.06. The molecule has 0 unspecified atom stereocenters. The standard InChI is InChI=1S/C16H13Cl2N3O/c17-13-6-4-11(5-7-13)9-19-10-15-20-21-16(22-15)12-2-1-3-14(18)8-12/h1-8,19H,9-10H2. The van der Waals surface area contributed by atoms with Crippen molar-refractivity contribution in [3.63, 3.8) is 0 Å². The van der Waals surface area contributed by atoms with E-state index in [1.165, 1.54) is 0 Å². The van der Waals surface area contributed by atoms with E-state index >= 15 is 0 Å². The van der Waals surface area contributed by atoms with Crippen LogP contribution in [0.5, 0.6) is 0 Å². The van der Waals surface area contributed by atoms with Gasteiger partial charge in [0.1, 0.15) is 0 Å². The highest BCUT2D eigenvalue weighted by Crippen LogP contribution is 2.21. The SMILES string of the molecule is Clc1ccc(CNCc2nnc(-c3cccc(Cl)c3)o2)cc1. The van der Waals surface area contributed by atoms with Gasteiger partial charge in [-0.1, -0.05) is 41.4 Å². The lowest BCUT2D eigenvalue weighted by molar-refractivity contribution is 0.477. The Kier molecular flexibility index (Phi) is 4.73. The molecular formula is C16H13Cl2N3O. The van der Waals surface area contributed by atoms with Crippen LogP contribution in [0.1, 0.15) is 11.5 Å². The Bertz CT molecular complexity index is 756. The van der Waals surface area contributed by atoms with Gasteiger partial charge in [0.25, 0.3) is 0 Å². The maximum atomic E-state index is 5.95. The first-order valence-electron chi connectivity index (χ1n) is 6.74. The molecule has 0 amide bonds. The molecule has 2 aromatic carbocycles. The molecule has 0 bridgehead atoms. The summed E-state index contributed by atoms with van der Waals surface area (Å²) in [4.78, 5) is 0. The molecule has 112 valence electrons. The smallest absolute Gasteiger partial charge is 0.247 e. The van der Waals surface area contributed by atoms with Crippen LogP contribution in [0.3, 0.4) is 0 Å². The minimum absolute atomic E-state index is 0.464. The quantitative estimate of drug-likeness (QED) is 0.754. The number of nitrogens with zero attached hydrogens (tertiary/aromatic N) is 2. The molecule has 0 atom stereocenters. The van der Waals surface area contributed by atoms with Gasteiger partial charge >= 0.3 is 0 Å². The van der Waals surface area contributed by atoms with Crippen molar-refractivity contribution < 1.29 is 4.42 Å². The Balaban J connectivity index is 1.59. The molecule has 0 aliphatic carbocycles. The summed E-state index contributed by atoms with van der Waals surface area (Å²) in [6, 6.07) is 15.0. The average molecular weight is 334 g/mol. The molecule has 0 saturated heterocycles. The van der Waals surface area contributed by atoms with Crippen molar-refractivity contribution in [2.45, 2.75) is 13.1 Å². The lowest BCUT2D eigenvalue weighted by Crippen LogP contribution is -2.12. The van der Waals surface area contributed by atoms with Crippen LogP contribution >= 0.6 is 23.2 Å². The van der Waals surface area contributed by atoms with Crippen LogP contribution in [0, 0.1) is 0 Å². The zero-order chi connectivity index (χ0) is 15.4. The van der Waals surface area contributed by atoms with Gasteiger partial charge in [-0.25, -0.2) is 0 Å². The van der Waals surface area contributed by atoms with Crippen LogP contribution in [0.2, 0.25) is 10.0 Å². The van der Waals surface area contributed by atoms with Gasteiger partial charge in [-0.3, -0.25) is 0 Å². The molecule has 0 aliphatic heterocycles.